The van der Waals surface area contributed by atoms with E-state index in [1.54, 1.807) is 26.3 Å². The van der Waals surface area contributed by atoms with Gasteiger partial charge >= 0.3 is 0 Å². The van der Waals surface area contributed by atoms with E-state index in [1.165, 1.54) is 10.9 Å². The first-order valence-electron chi connectivity index (χ1n) is 5.17. The Bertz CT molecular complexity index is 561. The number of nitrogens with zero attached hydrogens (tertiary/aromatic N) is 3. The third-order valence-corrected chi connectivity index (χ3v) is 2.62. The highest BCUT2D eigenvalue weighted by molar-refractivity contribution is 6.07. The van der Waals surface area contributed by atoms with Crippen molar-refractivity contribution in [1.29, 1.82) is 0 Å². The smallest absolute Gasteiger partial charge is 0.212 e. The van der Waals surface area contributed by atoms with Gasteiger partial charge in [-0.15, -0.1) is 5.10 Å². The molecule has 0 bridgehead atoms. The number of ether oxygens (including phenoxy) is 1. The van der Waals surface area contributed by atoms with Crippen LogP contribution in [0.1, 0.15) is 21.6 Å². The fourth-order valence-corrected chi connectivity index (χ4v) is 1.60. The topological polar surface area (TPSA) is 57.0 Å². The number of carbonyl (C=O) groups excluding carboxylic acids is 1. The van der Waals surface area contributed by atoms with E-state index < -0.39 is 0 Å². The zero-order valence-electron chi connectivity index (χ0n) is 9.97. The molecular weight excluding hydrogens is 218 g/mol. The molecule has 2 aromatic rings. The van der Waals surface area contributed by atoms with Crippen molar-refractivity contribution >= 4 is 5.78 Å². The predicted molar refractivity (Wildman–Crippen MR) is 62.2 cm³/mol. The van der Waals surface area contributed by atoms with Gasteiger partial charge in [0, 0.05) is 12.6 Å². The molecule has 0 radical (unpaired) electrons. The minimum atomic E-state index is -0.115. The molecule has 5 nitrogen and oxygen atoms in total. The molecule has 0 aliphatic heterocycles. The fourth-order valence-electron chi connectivity index (χ4n) is 1.60. The second-order valence-electron chi connectivity index (χ2n) is 3.76. The summed E-state index contributed by atoms with van der Waals surface area (Å²) in [5, 5.41) is 7.43. The molecule has 0 saturated heterocycles. The highest BCUT2D eigenvalue weighted by atomic mass is 16.5. The Balaban J connectivity index is 2.41. The Morgan fingerprint density at radius 1 is 1.41 bits per heavy atom. The number of hydrogen-bond acceptors (Lipinski definition) is 4. The Hall–Kier alpha value is -2.17. The standard InChI is InChI=1S/C12H13N3O2/c1-8-4-5-9(6-11(8)17-3)12(16)10-7-13-14-15(10)2/h4-7H,1-3H3. The normalized spacial score (nSPS) is 10.3. The van der Waals surface area contributed by atoms with Crippen molar-refractivity contribution in [1.82, 2.24) is 15.0 Å². The largest absolute Gasteiger partial charge is 0.496 e. The van der Waals surface area contributed by atoms with Crippen molar-refractivity contribution in [2.24, 2.45) is 7.05 Å². The summed E-state index contributed by atoms with van der Waals surface area (Å²) >= 11 is 0. The van der Waals surface area contributed by atoms with Gasteiger partial charge in [-0.05, 0) is 18.6 Å². The molecular formula is C12H13N3O2. The highest BCUT2D eigenvalue weighted by Crippen LogP contribution is 2.20. The molecule has 0 N–H and O–H groups in total. The molecule has 1 heterocycles. The summed E-state index contributed by atoms with van der Waals surface area (Å²) in [6, 6.07) is 5.35. The van der Waals surface area contributed by atoms with Crippen LogP contribution >= 0.6 is 0 Å². The van der Waals surface area contributed by atoms with Crippen molar-refractivity contribution in [2.45, 2.75) is 6.92 Å². The molecule has 0 amide bonds. The van der Waals surface area contributed by atoms with Crippen LogP contribution in [0.25, 0.3) is 0 Å². The number of benzene rings is 1. The van der Waals surface area contributed by atoms with Gasteiger partial charge in [0.1, 0.15) is 11.4 Å². The molecule has 0 aliphatic rings. The summed E-state index contributed by atoms with van der Waals surface area (Å²) < 4.78 is 6.65. The zero-order chi connectivity index (χ0) is 12.4. The van der Waals surface area contributed by atoms with Gasteiger partial charge in [-0.2, -0.15) is 0 Å². The van der Waals surface area contributed by atoms with E-state index in [-0.39, 0.29) is 5.78 Å². The lowest BCUT2D eigenvalue weighted by atomic mass is 10.1. The SMILES string of the molecule is COc1cc(C(=O)c2cnnn2C)ccc1C. The van der Waals surface area contributed by atoms with Crippen molar-refractivity contribution in [3.05, 3.63) is 41.2 Å². The summed E-state index contributed by atoms with van der Waals surface area (Å²) in [6.45, 7) is 1.93. The number of ketones is 1. The highest BCUT2D eigenvalue weighted by Gasteiger charge is 2.14. The van der Waals surface area contributed by atoms with Gasteiger partial charge in [0.2, 0.25) is 5.78 Å². The number of methoxy groups -OCH3 is 1. The average molecular weight is 231 g/mol. The Labute approximate surface area is 99.0 Å². The van der Waals surface area contributed by atoms with E-state index in [9.17, 15) is 4.79 Å². The zero-order valence-corrected chi connectivity index (χ0v) is 9.97. The third kappa shape index (κ3) is 2.04. The first-order chi connectivity index (χ1) is 8.13. The van der Waals surface area contributed by atoms with Crippen LogP contribution in [0.4, 0.5) is 0 Å². The van der Waals surface area contributed by atoms with E-state index in [0.29, 0.717) is 17.0 Å². The lowest BCUT2D eigenvalue weighted by Gasteiger charge is -2.06. The van der Waals surface area contributed by atoms with Crippen LogP contribution in [0.15, 0.2) is 24.4 Å². The Kier molecular flexibility index (Phi) is 2.91. The molecule has 1 aromatic heterocycles. The van der Waals surface area contributed by atoms with Crippen LogP contribution in [-0.2, 0) is 7.05 Å². The van der Waals surface area contributed by atoms with Crippen molar-refractivity contribution in [3.8, 4) is 5.75 Å². The van der Waals surface area contributed by atoms with Gasteiger partial charge < -0.3 is 4.74 Å². The monoisotopic (exact) mass is 231 g/mol. The Morgan fingerprint density at radius 2 is 2.18 bits per heavy atom. The summed E-state index contributed by atoms with van der Waals surface area (Å²) in [5.74, 6) is 0.585. The molecule has 5 heteroatoms. The van der Waals surface area contributed by atoms with E-state index >= 15 is 0 Å². The van der Waals surface area contributed by atoms with Gasteiger partial charge in [-0.3, -0.25) is 4.79 Å². The maximum absolute atomic E-state index is 12.2. The van der Waals surface area contributed by atoms with Crippen molar-refractivity contribution < 1.29 is 9.53 Å². The molecule has 0 fully saturated rings. The van der Waals surface area contributed by atoms with Gasteiger partial charge in [-0.1, -0.05) is 17.3 Å². The Morgan fingerprint density at radius 3 is 2.76 bits per heavy atom. The minimum absolute atomic E-state index is 0.115. The van der Waals surface area contributed by atoms with Crippen LogP contribution in [0.3, 0.4) is 0 Å². The van der Waals surface area contributed by atoms with Crippen LogP contribution in [0.5, 0.6) is 5.75 Å². The maximum atomic E-state index is 12.2. The van der Waals surface area contributed by atoms with E-state index in [2.05, 4.69) is 10.3 Å². The van der Waals surface area contributed by atoms with E-state index in [0.717, 1.165) is 5.56 Å². The van der Waals surface area contributed by atoms with Crippen LogP contribution in [0.2, 0.25) is 0 Å². The number of hydrogen-bond donors (Lipinski definition) is 0. The molecule has 1 aromatic carbocycles. The molecule has 0 spiro atoms. The fraction of sp³-hybridized carbons (Fsp3) is 0.250. The molecule has 17 heavy (non-hydrogen) atoms. The molecule has 0 saturated carbocycles. The van der Waals surface area contributed by atoms with E-state index in [4.69, 9.17) is 4.74 Å². The summed E-state index contributed by atoms with van der Waals surface area (Å²) in [4.78, 5) is 12.2. The van der Waals surface area contributed by atoms with Crippen LogP contribution in [0, 0.1) is 6.92 Å². The minimum Gasteiger partial charge on any atom is -0.496 e. The summed E-state index contributed by atoms with van der Waals surface area (Å²) in [5.41, 5.74) is 2.01. The lowest BCUT2D eigenvalue weighted by molar-refractivity contribution is 0.103. The molecule has 2 rings (SSSR count). The predicted octanol–water partition coefficient (Wildman–Crippen LogP) is 1.36. The molecule has 0 unspecified atom stereocenters. The number of aromatic nitrogens is 3. The van der Waals surface area contributed by atoms with E-state index in [1.807, 2.05) is 13.0 Å². The van der Waals surface area contributed by atoms with Gasteiger partial charge in [-0.25, -0.2) is 4.68 Å². The quantitative estimate of drug-likeness (QED) is 0.748. The first kappa shape index (κ1) is 11.3. The first-order valence-corrected chi connectivity index (χ1v) is 5.17. The van der Waals surface area contributed by atoms with Crippen LogP contribution in [-0.4, -0.2) is 27.9 Å². The van der Waals surface area contributed by atoms with Gasteiger partial charge in [0.05, 0.1) is 13.3 Å². The summed E-state index contributed by atoms with van der Waals surface area (Å²) in [7, 11) is 3.27. The van der Waals surface area contributed by atoms with Crippen LogP contribution < -0.4 is 4.74 Å². The number of rotatable bonds is 3. The van der Waals surface area contributed by atoms with Gasteiger partial charge in [0.15, 0.2) is 0 Å². The number of carbonyl (C=O) groups is 1. The third-order valence-electron chi connectivity index (χ3n) is 2.62. The second kappa shape index (κ2) is 4.37. The lowest BCUT2D eigenvalue weighted by Crippen LogP contribution is -2.08. The number of aryl methyl sites for hydroxylation is 2. The average Bonchev–Trinajstić information content (AvgIpc) is 2.75. The van der Waals surface area contributed by atoms with Crippen molar-refractivity contribution in [3.63, 3.8) is 0 Å². The maximum Gasteiger partial charge on any atom is 0.212 e. The molecule has 88 valence electrons. The molecule has 0 aliphatic carbocycles. The second-order valence-corrected chi connectivity index (χ2v) is 3.76. The van der Waals surface area contributed by atoms with Gasteiger partial charge in [0.25, 0.3) is 0 Å². The summed E-state index contributed by atoms with van der Waals surface area (Å²) in [6.07, 6.45) is 1.45. The van der Waals surface area contributed by atoms with Crippen molar-refractivity contribution in [2.75, 3.05) is 7.11 Å². The molecule has 0 atom stereocenters.